The van der Waals surface area contributed by atoms with E-state index in [1.807, 2.05) is 6.92 Å². The minimum Gasteiger partial charge on any atom is -0.393 e. The first-order chi connectivity index (χ1) is 8.90. The van der Waals surface area contributed by atoms with Crippen molar-refractivity contribution in [1.82, 2.24) is 5.32 Å². The molecule has 1 amide bonds. The average Bonchev–Trinajstić information content (AvgIpc) is 2.93. The number of fused-ring (bicyclic) bond motifs is 2. The lowest BCUT2D eigenvalue weighted by Crippen LogP contribution is -2.33. The third kappa shape index (κ3) is 2.00. The summed E-state index contributed by atoms with van der Waals surface area (Å²) >= 11 is 0. The van der Waals surface area contributed by atoms with Crippen LogP contribution in [0.15, 0.2) is 4.99 Å². The summed E-state index contributed by atoms with van der Waals surface area (Å²) in [5, 5.41) is 12.9. The molecule has 1 aliphatic heterocycles. The Morgan fingerprint density at radius 3 is 2.63 bits per heavy atom. The van der Waals surface area contributed by atoms with Crippen molar-refractivity contribution in [3.05, 3.63) is 0 Å². The van der Waals surface area contributed by atoms with E-state index in [2.05, 4.69) is 19.2 Å². The lowest BCUT2D eigenvalue weighted by atomic mass is 9.78. The molecular weight excluding hydrogens is 240 g/mol. The van der Waals surface area contributed by atoms with Crippen LogP contribution in [0.1, 0.15) is 46.5 Å². The van der Waals surface area contributed by atoms with E-state index in [9.17, 15) is 9.90 Å². The Morgan fingerprint density at radius 1 is 1.37 bits per heavy atom. The van der Waals surface area contributed by atoms with Crippen LogP contribution in [0.25, 0.3) is 0 Å². The summed E-state index contributed by atoms with van der Waals surface area (Å²) in [5.41, 5.74) is -0.324. The molecule has 1 heterocycles. The molecule has 1 unspecified atom stereocenters. The summed E-state index contributed by atoms with van der Waals surface area (Å²) in [4.78, 5) is 16.9. The molecule has 4 nitrogen and oxygen atoms in total. The number of carbonyl (C=O) groups excluding carboxylic acids is 1. The molecule has 0 aromatic carbocycles. The van der Waals surface area contributed by atoms with Gasteiger partial charge in [-0.2, -0.15) is 0 Å². The van der Waals surface area contributed by atoms with Crippen molar-refractivity contribution >= 4 is 11.7 Å². The van der Waals surface area contributed by atoms with E-state index in [4.69, 9.17) is 4.99 Å². The largest absolute Gasteiger partial charge is 0.393 e. The van der Waals surface area contributed by atoms with Gasteiger partial charge in [-0.3, -0.25) is 9.79 Å². The van der Waals surface area contributed by atoms with Crippen molar-refractivity contribution in [2.45, 2.75) is 58.6 Å². The smallest absolute Gasteiger partial charge is 0.231 e. The van der Waals surface area contributed by atoms with E-state index in [-0.39, 0.29) is 23.5 Å². The van der Waals surface area contributed by atoms with Gasteiger partial charge in [0.15, 0.2) is 0 Å². The fourth-order valence-electron chi connectivity index (χ4n) is 3.92. The van der Waals surface area contributed by atoms with Crippen LogP contribution >= 0.6 is 0 Å². The molecule has 3 rings (SSSR count). The van der Waals surface area contributed by atoms with Crippen LogP contribution in [0, 0.1) is 23.2 Å². The summed E-state index contributed by atoms with van der Waals surface area (Å²) in [7, 11) is 0. The molecule has 0 aromatic heterocycles. The quantitative estimate of drug-likeness (QED) is 0.798. The molecule has 2 bridgehead atoms. The lowest BCUT2D eigenvalue weighted by molar-refractivity contribution is -0.128. The monoisotopic (exact) mass is 264 g/mol. The number of amides is 1. The Labute approximate surface area is 114 Å². The number of rotatable bonds is 2. The van der Waals surface area contributed by atoms with Crippen molar-refractivity contribution in [2.75, 3.05) is 0 Å². The summed E-state index contributed by atoms with van der Waals surface area (Å²) in [6.45, 7) is 6.19. The van der Waals surface area contributed by atoms with Gasteiger partial charge >= 0.3 is 0 Å². The van der Waals surface area contributed by atoms with E-state index in [1.54, 1.807) is 0 Å². The van der Waals surface area contributed by atoms with Crippen LogP contribution in [0.3, 0.4) is 0 Å². The highest BCUT2D eigenvalue weighted by molar-refractivity contribution is 6.08. The van der Waals surface area contributed by atoms with Crippen LogP contribution in [-0.2, 0) is 4.79 Å². The third-order valence-corrected chi connectivity index (χ3v) is 5.65. The van der Waals surface area contributed by atoms with Crippen molar-refractivity contribution in [3.8, 4) is 0 Å². The van der Waals surface area contributed by atoms with E-state index in [0.717, 1.165) is 25.1 Å². The van der Waals surface area contributed by atoms with E-state index in [0.29, 0.717) is 24.2 Å². The van der Waals surface area contributed by atoms with Gasteiger partial charge < -0.3 is 10.4 Å². The molecule has 0 aromatic rings. The Bertz CT molecular complexity index is 432. The first kappa shape index (κ1) is 13.1. The third-order valence-electron chi connectivity index (χ3n) is 5.65. The van der Waals surface area contributed by atoms with Crippen LogP contribution in [0.4, 0.5) is 0 Å². The normalized spacial score (nSPS) is 47.4. The van der Waals surface area contributed by atoms with Gasteiger partial charge in [-0.25, -0.2) is 0 Å². The molecule has 0 radical (unpaired) electrons. The molecule has 3 aliphatic rings. The zero-order chi connectivity index (χ0) is 13.8. The Kier molecular flexibility index (Phi) is 2.97. The van der Waals surface area contributed by atoms with Gasteiger partial charge in [-0.05, 0) is 31.1 Å². The molecule has 2 saturated carbocycles. The maximum Gasteiger partial charge on any atom is 0.231 e. The minimum atomic E-state index is -0.324. The summed E-state index contributed by atoms with van der Waals surface area (Å²) in [5.74, 6) is 2.21. The number of aliphatic hydroxyl groups is 1. The number of amidine groups is 1. The SMILES string of the molecule is CC(C)[C@]1(C)CC(=N[C@H]2C[C@@H]3CC(O)[C@H]2C3)NC1=O. The van der Waals surface area contributed by atoms with Gasteiger partial charge in [-0.15, -0.1) is 0 Å². The second-order valence-electron chi connectivity index (χ2n) is 7.15. The standard InChI is InChI=1S/C15H24N2O2/c1-8(2)15(3)7-13(17-14(15)19)16-11-5-9-4-10(11)12(18)6-9/h8-12,18H,4-7H2,1-3H3,(H,16,17,19)/t9-,10+,11+,12?,15+/m1/s1. The molecule has 106 valence electrons. The summed E-state index contributed by atoms with van der Waals surface area (Å²) < 4.78 is 0. The first-order valence-corrected chi connectivity index (χ1v) is 7.46. The minimum absolute atomic E-state index is 0.102. The topological polar surface area (TPSA) is 61.7 Å². The van der Waals surface area contributed by atoms with E-state index in [1.165, 1.54) is 0 Å². The Balaban J connectivity index is 1.75. The summed E-state index contributed by atoms with van der Waals surface area (Å²) in [6, 6.07) is 0.221. The fraction of sp³-hybridized carbons (Fsp3) is 0.867. The fourth-order valence-corrected chi connectivity index (χ4v) is 3.92. The number of nitrogens with one attached hydrogen (secondary N) is 1. The second-order valence-corrected chi connectivity index (χ2v) is 7.15. The Morgan fingerprint density at radius 2 is 2.11 bits per heavy atom. The van der Waals surface area contributed by atoms with Gasteiger partial charge in [0.05, 0.1) is 17.6 Å². The van der Waals surface area contributed by atoms with E-state index < -0.39 is 0 Å². The number of hydrogen-bond donors (Lipinski definition) is 2. The maximum atomic E-state index is 12.1. The molecule has 4 heteroatoms. The first-order valence-electron chi connectivity index (χ1n) is 7.46. The molecule has 2 N–H and O–H groups in total. The van der Waals surface area contributed by atoms with E-state index >= 15 is 0 Å². The zero-order valence-electron chi connectivity index (χ0n) is 12.0. The number of nitrogens with zero attached hydrogens (tertiary/aromatic N) is 1. The number of aliphatic imine (C=N–C) groups is 1. The number of hydrogen-bond acceptors (Lipinski definition) is 3. The van der Waals surface area contributed by atoms with Crippen molar-refractivity contribution in [1.29, 1.82) is 0 Å². The lowest BCUT2D eigenvalue weighted by Gasteiger charge is -2.24. The van der Waals surface area contributed by atoms with Crippen LogP contribution < -0.4 is 5.32 Å². The highest BCUT2D eigenvalue weighted by Gasteiger charge is 2.48. The zero-order valence-corrected chi connectivity index (χ0v) is 12.0. The van der Waals surface area contributed by atoms with Gasteiger partial charge in [0.2, 0.25) is 5.91 Å². The highest BCUT2D eigenvalue weighted by Crippen LogP contribution is 2.46. The average molecular weight is 264 g/mol. The van der Waals surface area contributed by atoms with Crippen LogP contribution in [0.2, 0.25) is 0 Å². The molecule has 0 spiro atoms. The maximum absolute atomic E-state index is 12.1. The molecule has 3 fully saturated rings. The van der Waals surface area contributed by atoms with Crippen LogP contribution in [-0.4, -0.2) is 29.0 Å². The summed E-state index contributed by atoms with van der Waals surface area (Å²) in [6.07, 6.45) is 3.68. The molecule has 19 heavy (non-hydrogen) atoms. The number of aliphatic hydroxyl groups excluding tert-OH is 1. The molecule has 5 atom stereocenters. The van der Waals surface area contributed by atoms with Gasteiger partial charge in [0, 0.05) is 12.3 Å². The molecule has 1 saturated heterocycles. The second kappa shape index (κ2) is 4.30. The molecular formula is C15H24N2O2. The van der Waals surface area contributed by atoms with Crippen LogP contribution in [0.5, 0.6) is 0 Å². The predicted molar refractivity (Wildman–Crippen MR) is 73.8 cm³/mol. The number of carbonyl (C=O) groups is 1. The van der Waals surface area contributed by atoms with Crippen molar-refractivity contribution in [3.63, 3.8) is 0 Å². The van der Waals surface area contributed by atoms with Crippen molar-refractivity contribution in [2.24, 2.45) is 28.2 Å². The predicted octanol–water partition coefficient (Wildman–Crippen LogP) is 1.73. The molecule has 2 aliphatic carbocycles. The van der Waals surface area contributed by atoms with Gasteiger partial charge in [0.25, 0.3) is 0 Å². The van der Waals surface area contributed by atoms with Gasteiger partial charge in [-0.1, -0.05) is 20.8 Å². The highest BCUT2D eigenvalue weighted by atomic mass is 16.3. The van der Waals surface area contributed by atoms with Crippen molar-refractivity contribution < 1.29 is 9.90 Å². The van der Waals surface area contributed by atoms with Gasteiger partial charge in [0.1, 0.15) is 5.84 Å². The Hall–Kier alpha value is -0.900.